The number of halogens is 2. The molecule has 1 aromatic heterocycles. The molecule has 4 heteroatoms. The fourth-order valence-corrected chi connectivity index (χ4v) is 2.50. The summed E-state index contributed by atoms with van der Waals surface area (Å²) in [5.74, 6) is 0. The molecular weight excluding hydrogens is 336 g/mol. The Morgan fingerprint density at radius 2 is 2.19 bits per heavy atom. The van der Waals surface area contributed by atoms with Crippen LogP contribution in [0.3, 0.4) is 0 Å². The first-order chi connectivity index (χ1) is 7.72. The zero-order valence-corrected chi connectivity index (χ0v) is 11.6. The van der Waals surface area contributed by atoms with Gasteiger partial charge < -0.3 is 9.73 Å². The molecule has 2 rings (SSSR count). The predicted octanol–water partition coefficient (Wildman–Crippen LogP) is 3.85. The van der Waals surface area contributed by atoms with Crippen molar-refractivity contribution in [2.45, 2.75) is 6.04 Å². The van der Waals surface area contributed by atoms with E-state index in [1.54, 1.807) is 12.5 Å². The van der Waals surface area contributed by atoms with Crippen molar-refractivity contribution in [1.29, 1.82) is 0 Å². The van der Waals surface area contributed by atoms with Gasteiger partial charge in [0, 0.05) is 14.2 Å². The van der Waals surface area contributed by atoms with E-state index < -0.39 is 0 Å². The van der Waals surface area contributed by atoms with Gasteiger partial charge in [-0.05, 0) is 59.5 Å². The Labute approximate surface area is 113 Å². The maximum atomic E-state index is 6.02. The summed E-state index contributed by atoms with van der Waals surface area (Å²) in [6, 6.07) is 7.97. The van der Waals surface area contributed by atoms with E-state index in [2.05, 4.69) is 27.9 Å². The molecule has 0 aliphatic heterocycles. The van der Waals surface area contributed by atoms with E-state index in [-0.39, 0.29) is 6.04 Å². The van der Waals surface area contributed by atoms with Gasteiger partial charge in [0.2, 0.25) is 0 Å². The molecule has 2 nitrogen and oxygen atoms in total. The van der Waals surface area contributed by atoms with Crippen molar-refractivity contribution in [1.82, 2.24) is 5.32 Å². The maximum Gasteiger partial charge on any atom is 0.0953 e. The molecule has 0 aliphatic carbocycles. The topological polar surface area (TPSA) is 25.2 Å². The summed E-state index contributed by atoms with van der Waals surface area (Å²) >= 11 is 8.34. The number of nitrogens with one attached hydrogen (secondary N) is 1. The highest BCUT2D eigenvalue weighted by molar-refractivity contribution is 14.1. The lowest BCUT2D eigenvalue weighted by atomic mass is 10.0. The van der Waals surface area contributed by atoms with Crippen LogP contribution in [0, 0.1) is 3.57 Å². The smallest absolute Gasteiger partial charge is 0.0953 e. The fourth-order valence-electron chi connectivity index (χ4n) is 1.68. The summed E-state index contributed by atoms with van der Waals surface area (Å²) in [6.07, 6.45) is 3.43. The minimum Gasteiger partial charge on any atom is -0.472 e. The van der Waals surface area contributed by atoms with Crippen LogP contribution in [0.5, 0.6) is 0 Å². The lowest BCUT2D eigenvalue weighted by molar-refractivity contribution is 0.557. The summed E-state index contributed by atoms with van der Waals surface area (Å²) in [4.78, 5) is 0. The lowest BCUT2D eigenvalue weighted by Gasteiger charge is -2.16. The molecule has 84 valence electrons. The van der Waals surface area contributed by atoms with Crippen LogP contribution in [-0.4, -0.2) is 7.05 Å². The van der Waals surface area contributed by atoms with Gasteiger partial charge >= 0.3 is 0 Å². The van der Waals surface area contributed by atoms with Crippen molar-refractivity contribution < 1.29 is 4.42 Å². The van der Waals surface area contributed by atoms with Crippen molar-refractivity contribution in [3.05, 3.63) is 56.5 Å². The van der Waals surface area contributed by atoms with E-state index in [9.17, 15) is 0 Å². The average Bonchev–Trinajstić information content (AvgIpc) is 2.78. The highest BCUT2D eigenvalue weighted by Gasteiger charge is 2.16. The Bertz CT molecular complexity index is 470. The zero-order valence-electron chi connectivity index (χ0n) is 8.71. The number of hydrogen-bond acceptors (Lipinski definition) is 2. The molecule has 1 N–H and O–H groups in total. The zero-order chi connectivity index (χ0) is 11.5. The predicted molar refractivity (Wildman–Crippen MR) is 73.8 cm³/mol. The minimum atomic E-state index is 0.115. The number of furan rings is 1. The Kier molecular flexibility index (Phi) is 3.89. The molecule has 0 bridgehead atoms. The second kappa shape index (κ2) is 5.21. The van der Waals surface area contributed by atoms with Crippen LogP contribution in [0.2, 0.25) is 5.02 Å². The van der Waals surface area contributed by atoms with Gasteiger partial charge in [0.25, 0.3) is 0 Å². The average molecular weight is 348 g/mol. The van der Waals surface area contributed by atoms with Crippen LogP contribution in [-0.2, 0) is 0 Å². The van der Waals surface area contributed by atoms with E-state index in [1.165, 1.54) is 3.57 Å². The van der Waals surface area contributed by atoms with E-state index in [1.807, 2.05) is 31.3 Å². The number of benzene rings is 1. The minimum absolute atomic E-state index is 0.115. The van der Waals surface area contributed by atoms with E-state index in [0.717, 1.165) is 16.1 Å². The third kappa shape index (κ3) is 2.42. The molecule has 0 fully saturated rings. The third-order valence-electron chi connectivity index (χ3n) is 2.43. The summed E-state index contributed by atoms with van der Waals surface area (Å²) in [5.41, 5.74) is 2.26. The molecule has 1 atom stereocenters. The van der Waals surface area contributed by atoms with E-state index >= 15 is 0 Å². The monoisotopic (exact) mass is 347 g/mol. The van der Waals surface area contributed by atoms with Crippen LogP contribution in [0.25, 0.3) is 0 Å². The molecule has 0 saturated carbocycles. The van der Waals surface area contributed by atoms with Crippen LogP contribution in [0.4, 0.5) is 0 Å². The van der Waals surface area contributed by atoms with Crippen LogP contribution in [0.1, 0.15) is 17.2 Å². The second-order valence-corrected chi connectivity index (χ2v) is 5.04. The Balaban J connectivity index is 2.44. The van der Waals surface area contributed by atoms with Crippen molar-refractivity contribution in [3.8, 4) is 0 Å². The van der Waals surface area contributed by atoms with Crippen molar-refractivity contribution in [2.75, 3.05) is 7.05 Å². The molecule has 16 heavy (non-hydrogen) atoms. The molecule has 0 amide bonds. The first-order valence-corrected chi connectivity index (χ1v) is 6.32. The quantitative estimate of drug-likeness (QED) is 0.853. The molecule has 0 spiro atoms. The van der Waals surface area contributed by atoms with Gasteiger partial charge in [-0.25, -0.2) is 0 Å². The molecule has 1 heterocycles. The van der Waals surface area contributed by atoms with Gasteiger partial charge in [0.05, 0.1) is 18.6 Å². The van der Waals surface area contributed by atoms with Gasteiger partial charge in [-0.3, -0.25) is 0 Å². The van der Waals surface area contributed by atoms with Gasteiger partial charge in [-0.1, -0.05) is 11.6 Å². The first-order valence-electron chi connectivity index (χ1n) is 4.86. The Hall–Kier alpha value is -0.520. The largest absolute Gasteiger partial charge is 0.472 e. The standard InChI is InChI=1S/C12H11ClINO/c1-15-12(8-4-5-16-7-8)10-6-9(13)2-3-11(10)14/h2-7,12,15H,1H3. The molecule has 0 saturated heterocycles. The van der Waals surface area contributed by atoms with Gasteiger partial charge in [0.1, 0.15) is 0 Å². The van der Waals surface area contributed by atoms with Crippen LogP contribution in [0.15, 0.2) is 41.2 Å². The fraction of sp³-hybridized carbons (Fsp3) is 0.167. The van der Waals surface area contributed by atoms with Crippen molar-refractivity contribution in [2.24, 2.45) is 0 Å². The normalized spacial score (nSPS) is 12.7. The van der Waals surface area contributed by atoms with Crippen molar-refractivity contribution in [3.63, 3.8) is 0 Å². The Morgan fingerprint density at radius 3 is 2.81 bits per heavy atom. The highest BCUT2D eigenvalue weighted by Crippen LogP contribution is 2.28. The molecule has 1 unspecified atom stereocenters. The Morgan fingerprint density at radius 1 is 1.38 bits per heavy atom. The SMILES string of the molecule is CNC(c1ccoc1)c1cc(Cl)ccc1I. The lowest BCUT2D eigenvalue weighted by Crippen LogP contribution is -2.18. The first kappa shape index (κ1) is 12.0. The second-order valence-electron chi connectivity index (χ2n) is 3.44. The third-order valence-corrected chi connectivity index (χ3v) is 3.65. The molecule has 0 aliphatic rings. The summed E-state index contributed by atoms with van der Waals surface area (Å²) in [6.45, 7) is 0. The molecule has 2 aromatic rings. The summed E-state index contributed by atoms with van der Waals surface area (Å²) < 4.78 is 6.30. The number of hydrogen-bond donors (Lipinski definition) is 1. The molecule has 0 radical (unpaired) electrons. The maximum absolute atomic E-state index is 6.02. The summed E-state index contributed by atoms with van der Waals surface area (Å²) in [7, 11) is 1.93. The van der Waals surface area contributed by atoms with E-state index in [4.69, 9.17) is 16.0 Å². The van der Waals surface area contributed by atoms with Gasteiger partial charge in [-0.2, -0.15) is 0 Å². The molecular formula is C12H11ClINO. The van der Waals surface area contributed by atoms with Gasteiger partial charge in [-0.15, -0.1) is 0 Å². The van der Waals surface area contributed by atoms with Crippen LogP contribution < -0.4 is 5.32 Å². The van der Waals surface area contributed by atoms with Crippen molar-refractivity contribution >= 4 is 34.2 Å². The highest BCUT2D eigenvalue weighted by atomic mass is 127. The van der Waals surface area contributed by atoms with Gasteiger partial charge in [0.15, 0.2) is 0 Å². The summed E-state index contributed by atoms with van der Waals surface area (Å²) in [5, 5.41) is 4.01. The van der Waals surface area contributed by atoms with Crippen LogP contribution >= 0.6 is 34.2 Å². The number of rotatable bonds is 3. The molecule has 1 aromatic carbocycles. The van der Waals surface area contributed by atoms with E-state index in [0.29, 0.717) is 0 Å².